The second-order valence-corrected chi connectivity index (χ2v) is 6.85. The Labute approximate surface area is 133 Å². The summed E-state index contributed by atoms with van der Waals surface area (Å²) >= 11 is 0. The fourth-order valence-electron chi connectivity index (χ4n) is 4.26. The molecule has 22 heavy (non-hydrogen) atoms. The van der Waals surface area contributed by atoms with E-state index in [1.165, 1.54) is 17.5 Å². The first kappa shape index (κ1) is 15.7. The average Bonchev–Trinajstić information content (AvgIpc) is 2.53. The van der Waals surface area contributed by atoms with E-state index in [0.29, 0.717) is 6.61 Å². The minimum Gasteiger partial charge on any atom is -0.386 e. The summed E-state index contributed by atoms with van der Waals surface area (Å²) in [4.78, 5) is 2.26. The van der Waals surface area contributed by atoms with Crippen molar-refractivity contribution in [2.24, 2.45) is 0 Å². The lowest BCUT2D eigenvalue weighted by atomic mass is 9.67. The molecule has 1 atom stereocenters. The number of hydrogen-bond acceptors (Lipinski definition) is 3. The highest BCUT2D eigenvalue weighted by Crippen LogP contribution is 2.48. The molecule has 1 heterocycles. The SMILES string of the molecule is C=CCOC1(C2(O)CCCCC2)CN(C)Cc2ccccc21. The molecule has 3 rings (SSSR count). The van der Waals surface area contributed by atoms with Crippen LogP contribution in [0.4, 0.5) is 0 Å². The van der Waals surface area contributed by atoms with Gasteiger partial charge in [0.05, 0.1) is 12.2 Å². The summed E-state index contributed by atoms with van der Waals surface area (Å²) in [6, 6.07) is 8.42. The molecule has 1 fully saturated rings. The topological polar surface area (TPSA) is 32.7 Å². The summed E-state index contributed by atoms with van der Waals surface area (Å²) in [5.74, 6) is 0. The highest BCUT2D eigenvalue weighted by molar-refractivity contribution is 5.38. The number of rotatable bonds is 4. The Balaban J connectivity index is 2.11. The van der Waals surface area contributed by atoms with Crippen LogP contribution in [0.3, 0.4) is 0 Å². The Morgan fingerprint density at radius 1 is 1.27 bits per heavy atom. The molecule has 1 aromatic carbocycles. The van der Waals surface area contributed by atoms with Crippen LogP contribution < -0.4 is 0 Å². The van der Waals surface area contributed by atoms with Gasteiger partial charge in [0.2, 0.25) is 0 Å². The van der Waals surface area contributed by atoms with E-state index >= 15 is 0 Å². The molecular weight excluding hydrogens is 274 g/mol. The van der Waals surface area contributed by atoms with Gasteiger partial charge in [-0.25, -0.2) is 0 Å². The summed E-state index contributed by atoms with van der Waals surface area (Å²) in [7, 11) is 2.11. The zero-order valence-corrected chi connectivity index (χ0v) is 13.6. The standard InChI is InChI=1S/C19H27NO2/c1-3-13-22-19(18(21)11-7-4-8-12-18)15-20(2)14-16-9-5-6-10-17(16)19/h3,5-6,9-10,21H,1,4,7-8,11-15H2,2H3. The predicted octanol–water partition coefficient (Wildman–Crippen LogP) is 3.23. The van der Waals surface area contributed by atoms with Crippen molar-refractivity contribution in [3.05, 3.63) is 48.0 Å². The van der Waals surface area contributed by atoms with E-state index in [0.717, 1.165) is 38.8 Å². The minimum absolute atomic E-state index is 0.463. The summed E-state index contributed by atoms with van der Waals surface area (Å²) in [6.07, 6.45) is 6.75. The van der Waals surface area contributed by atoms with Crippen molar-refractivity contribution >= 4 is 0 Å². The van der Waals surface area contributed by atoms with Gasteiger partial charge in [-0.15, -0.1) is 6.58 Å². The van der Waals surface area contributed by atoms with E-state index in [-0.39, 0.29) is 0 Å². The summed E-state index contributed by atoms with van der Waals surface area (Å²) in [6.45, 7) is 5.90. The van der Waals surface area contributed by atoms with Gasteiger partial charge in [-0.3, -0.25) is 4.90 Å². The molecule has 0 amide bonds. The van der Waals surface area contributed by atoms with Crippen LogP contribution in [-0.2, 0) is 16.9 Å². The minimum atomic E-state index is -0.793. The predicted molar refractivity (Wildman–Crippen MR) is 88.6 cm³/mol. The molecule has 1 unspecified atom stereocenters. The summed E-state index contributed by atoms with van der Waals surface area (Å²) in [5, 5.41) is 11.6. The van der Waals surface area contributed by atoms with Crippen LogP contribution >= 0.6 is 0 Å². The maximum absolute atomic E-state index is 11.6. The highest BCUT2D eigenvalue weighted by atomic mass is 16.5. The smallest absolute Gasteiger partial charge is 0.135 e. The monoisotopic (exact) mass is 301 g/mol. The molecule has 120 valence electrons. The van der Waals surface area contributed by atoms with Gasteiger partial charge >= 0.3 is 0 Å². The number of nitrogens with zero attached hydrogens (tertiary/aromatic N) is 1. The van der Waals surface area contributed by atoms with Gasteiger partial charge in [0.1, 0.15) is 5.60 Å². The number of benzene rings is 1. The Morgan fingerprint density at radius 3 is 2.73 bits per heavy atom. The van der Waals surface area contributed by atoms with Crippen molar-refractivity contribution in [3.8, 4) is 0 Å². The number of likely N-dealkylation sites (N-methyl/N-ethyl adjacent to an activating group) is 1. The molecule has 3 heteroatoms. The van der Waals surface area contributed by atoms with Crippen LogP contribution in [0, 0.1) is 0 Å². The van der Waals surface area contributed by atoms with Crippen LogP contribution in [0.15, 0.2) is 36.9 Å². The zero-order valence-electron chi connectivity index (χ0n) is 13.6. The molecule has 0 radical (unpaired) electrons. The third-order valence-corrected chi connectivity index (χ3v) is 5.27. The third-order valence-electron chi connectivity index (χ3n) is 5.27. The Morgan fingerprint density at radius 2 is 2.00 bits per heavy atom. The van der Waals surface area contributed by atoms with Gasteiger partial charge in [-0.2, -0.15) is 0 Å². The first-order chi connectivity index (χ1) is 10.6. The van der Waals surface area contributed by atoms with Gasteiger partial charge in [0.25, 0.3) is 0 Å². The molecule has 0 aromatic heterocycles. The lowest BCUT2D eigenvalue weighted by molar-refractivity contribution is -0.212. The fourth-order valence-corrected chi connectivity index (χ4v) is 4.26. The van der Waals surface area contributed by atoms with E-state index in [2.05, 4.69) is 42.8 Å². The summed E-state index contributed by atoms with van der Waals surface area (Å²) < 4.78 is 6.35. The molecular formula is C19H27NO2. The summed E-state index contributed by atoms with van der Waals surface area (Å²) in [5.41, 5.74) is 0.989. The van der Waals surface area contributed by atoms with Gasteiger partial charge in [-0.1, -0.05) is 49.6 Å². The van der Waals surface area contributed by atoms with Crippen LogP contribution in [-0.4, -0.2) is 35.8 Å². The van der Waals surface area contributed by atoms with Crippen molar-refractivity contribution in [3.63, 3.8) is 0 Å². The largest absolute Gasteiger partial charge is 0.386 e. The molecule has 1 aliphatic carbocycles. The molecule has 0 saturated heterocycles. The fraction of sp³-hybridized carbons (Fsp3) is 0.579. The molecule has 0 bridgehead atoms. The third kappa shape index (κ3) is 2.51. The molecule has 2 aliphatic rings. The van der Waals surface area contributed by atoms with Gasteiger partial charge < -0.3 is 9.84 Å². The second-order valence-electron chi connectivity index (χ2n) is 6.85. The van der Waals surface area contributed by atoms with Crippen molar-refractivity contribution in [1.29, 1.82) is 0 Å². The van der Waals surface area contributed by atoms with Gasteiger partial charge in [0.15, 0.2) is 0 Å². The number of ether oxygens (including phenoxy) is 1. The lowest BCUT2D eigenvalue weighted by Crippen LogP contribution is -2.61. The maximum Gasteiger partial charge on any atom is 0.135 e. The van der Waals surface area contributed by atoms with E-state index in [9.17, 15) is 5.11 Å². The second kappa shape index (κ2) is 6.15. The first-order valence-corrected chi connectivity index (χ1v) is 8.35. The van der Waals surface area contributed by atoms with Gasteiger partial charge in [-0.05, 0) is 31.0 Å². The average molecular weight is 301 g/mol. The quantitative estimate of drug-likeness (QED) is 0.867. The van der Waals surface area contributed by atoms with E-state index in [1.807, 2.05) is 0 Å². The molecule has 0 spiro atoms. The lowest BCUT2D eigenvalue weighted by Gasteiger charge is -2.53. The Kier molecular flexibility index (Phi) is 4.40. The van der Waals surface area contributed by atoms with Crippen molar-refractivity contribution in [2.75, 3.05) is 20.2 Å². The Bertz CT molecular complexity index is 536. The Hall–Kier alpha value is -1.16. The number of fused-ring (bicyclic) bond motifs is 1. The number of aliphatic hydroxyl groups is 1. The van der Waals surface area contributed by atoms with Crippen molar-refractivity contribution in [2.45, 2.75) is 49.9 Å². The van der Waals surface area contributed by atoms with Crippen LogP contribution in [0.5, 0.6) is 0 Å². The van der Waals surface area contributed by atoms with Crippen LogP contribution in [0.25, 0.3) is 0 Å². The van der Waals surface area contributed by atoms with E-state index in [1.54, 1.807) is 6.08 Å². The molecule has 3 nitrogen and oxygen atoms in total. The van der Waals surface area contributed by atoms with E-state index in [4.69, 9.17) is 4.74 Å². The normalized spacial score (nSPS) is 28.1. The van der Waals surface area contributed by atoms with Crippen molar-refractivity contribution < 1.29 is 9.84 Å². The first-order valence-electron chi connectivity index (χ1n) is 8.35. The van der Waals surface area contributed by atoms with Crippen molar-refractivity contribution in [1.82, 2.24) is 4.90 Å². The van der Waals surface area contributed by atoms with E-state index < -0.39 is 11.2 Å². The molecule has 1 aliphatic heterocycles. The number of hydrogen-bond donors (Lipinski definition) is 1. The maximum atomic E-state index is 11.6. The van der Waals surface area contributed by atoms with Gasteiger partial charge in [0, 0.05) is 13.1 Å². The van der Waals surface area contributed by atoms with Crippen LogP contribution in [0.2, 0.25) is 0 Å². The zero-order chi connectivity index (χ0) is 15.6. The van der Waals surface area contributed by atoms with Crippen LogP contribution in [0.1, 0.15) is 43.2 Å². The molecule has 1 N–H and O–H groups in total. The molecule has 1 aromatic rings. The molecule has 1 saturated carbocycles. The highest BCUT2D eigenvalue weighted by Gasteiger charge is 2.55.